The van der Waals surface area contributed by atoms with Crippen molar-refractivity contribution in [1.82, 2.24) is 24.3 Å². The molecule has 0 aliphatic carbocycles. The molecule has 8 heteroatoms. The van der Waals surface area contributed by atoms with E-state index in [2.05, 4.69) is 34.2 Å². The van der Waals surface area contributed by atoms with Crippen LogP contribution in [-0.4, -0.2) is 30.2 Å². The molecule has 0 spiro atoms. The zero-order valence-corrected chi connectivity index (χ0v) is 18.5. The third-order valence-corrected chi connectivity index (χ3v) is 5.58. The molecule has 31 heavy (non-hydrogen) atoms. The zero-order valence-electron chi connectivity index (χ0n) is 17.7. The van der Waals surface area contributed by atoms with Crippen molar-refractivity contribution in [2.45, 2.75) is 33.4 Å². The van der Waals surface area contributed by atoms with Crippen LogP contribution in [0.15, 0.2) is 54.4 Å². The number of aromatic nitrogens is 5. The van der Waals surface area contributed by atoms with Crippen LogP contribution in [0.2, 0.25) is 0 Å². The van der Waals surface area contributed by atoms with Gasteiger partial charge in [-0.25, -0.2) is 4.98 Å². The number of aryl methyl sites for hydroxylation is 1. The van der Waals surface area contributed by atoms with Gasteiger partial charge in [-0.05, 0) is 68.3 Å². The maximum absolute atomic E-state index is 12.8. The third-order valence-electron chi connectivity index (χ3n) is 4.80. The van der Waals surface area contributed by atoms with Gasteiger partial charge in [0, 0.05) is 42.8 Å². The minimum absolute atomic E-state index is 0.185. The lowest BCUT2D eigenvalue weighted by molar-refractivity contribution is 0.101. The van der Waals surface area contributed by atoms with Crippen LogP contribution in [0, 0.1) is 6.92 Å². The molecule has 0 saturated carbocycles. The molecule has 0 atom stereocenters. The highest BCUT2D eigenvalue weighted by Gasteiger charge is 2.13. The van der Waals surface area contributed by atoms with Crippen LogP contribution in [0.5, 0.6) is 0 Å². The number of nitrogens with zero attached hydrogens (tertiary/aromatic N) is 5. The Kier molecular flexibility index (Phi) is 6.08. The molecule has 1 N–H and O–H groups in total. The second-order valence-electron chi connectivity index (χ2n) is 7.51. The first-order chi connectivity index (χ1) is 15.0. The molecule has 4 aromatic rings. The molecule has 7 nitrogen and oxygen atoms in total. The molecule has 0 aliphatic rings. The summed E-state index contributed by atoms with van der Waals surface area (Å²) in [7, 11) is 0. The molecule has 0 aromatic carbocycles. The summed E-state index contributed by atoms with van der Waals surface area (Å²) in [5, 5.41) is 9.96. The minimum Gasteiger partial charge on any atom is -0.339 e. The largest absolute Gasteiger partial charge is 0.339 e. The van der Waals surface area contributed by atoms with Crippen LogP contribution < -0.4 is 5.32 Å². The number of amides is 1. The van der Waals surface area contributed by atoms with Gasteiger partial charge >= 0.3 is 0 Å². The van der Waals surface area contributed by atoms with Crippen LogP contribution in [0.1, 0.15) is 52.9 Å². The lowest BCUT2D eigenvalue weighted by Gasteiger charge is -2.08. The maximum Gasteiger partial charge on any atom is 0.274 e. The van der Waals surface area contributed by atoms with Crippen LogP contribution >= 0.6 is 11.3 Å². The predicted molar refractivity (Wildman–Crippen MR) is 124 cm³/mol. The second kappa shape index (κ2) is 9.09. The number of hydrogen-bond donors (Lipinski definition) is 1. The summed E-state index contributed by atoms with van der Waals surface area (Å²) in [5.74, 6) is -0.185. The Bertz CT molecular complexity index is 1200. The number of anilines is 1. The normalized spacial score (nSPS) is 11.5. The lowest BCUT2D eigenvalue weighted by Crippen LogP contribution is -2.17. The summed E-state index contributed by atoms with van der Waals surface area (Å²) >= 11 is 1.40. The van der Waals surface area contributed by atoms with E-state index in [1.54, 1.807) is 18.5 Å². The molecule has 4 rings (SSSR count). The summed E-state index contributed by atoms with van der Waals surface area (Å²) in [6.07, 6.45) is 11.3. The van der Waals surface area contributed by atoms with Crippen molar-refractivity contribution >= 4 is 34.5 Å². The first-order valence-electron chi connectivity index (χ1n) is 10.0. The van der Waals surface area contributed by atoms with E-state index in [1.807, 2.05) is 64.3 Å². The molecule has 0 bridgehead atoms. The van der Waals surface area contributed by atoms with E-state index in [0.29, 0.717) is 23.4 Å². The molecule has 0 radical (unpaired) electrons. The Morgan fingerprint density at radius 1 is 1.23 bits per heavy atom. The number of rotatable bonds is 7. The Morgan fingerprint density at radius 3 is 2.77 bits per heavy atom. The van der Waals surface area contributed by atoms with Gasteiger partial charge in [-0.1, -0.05) is 0 Å². The molecule has 0 aliphatic heterocycles. The van der Waals surface area contributed by atoms with Gasteiger partial charge in [0.1, 0.15) is 5.69 Å². The molecular formula is C23H24N6OS. The number of nitrogens with one attached hydrogen (secondary N) is 1. The fourth-order valence-corrected chi connectivity index (χ4v) is 3.79. The quantitative estimate of drug-likeness (QED) is 0.451. The Morgan fingerprint density at radius 2 is 2.03 bits per heavy atom. The summed E-state index contributed by atoms with van der Waals surface area (Å²) in [6, 6.07) is 7.86. The van der Waals surface area contributed by atoms with Crippen molar-refractivity contribution < 1.29 is 4.79 Å². The first kappa shape index (κ1) is 20.7. The van der Waals surface area contributed by atoms with E-state index in [0.717, 1.165) is 22.5 Å². The number of pyridine rings is 1. The van der Waals surface area contributed by atoms with Crippen LogP contribution in [-0.2, 0) is 6.54 Å². The van der Waals surface area contributed by atoms with Gasteiger partial charge in [0.05, 0.1) is 11.4 Å². The lowest BCUT2D eigenvalue weighted by atomic mass is 10.2. The highest BCUT2D eigenvalue weighted by atomic mass is 32.1. The fraction of sp³-hybridized carbons (Fsp3) is 0.217. The van der Waals surface area contributed by atoms with E-state index in [9.17, 15) is 4.79 Å². The Balaban J connectivity index is 1.43. The summed E-state index contributed by atoms with van der Waals surface area (Å²) in [5.41, 5.74) is 4.48. The minimum atomic E-state index is -0.185. The van der Waals surface area contributed by atoms with Crippen molar-refractivity contribution in [3.63, 3.8) is 0 Å². The topological polar surface area (TPSA) is 77.6 Å². The highest BCUT2D eigenvalue weighted by Crippen LogP contribution is 2.20. The average molecular weight is 433 g/mol. The molecule has 0 unspecified atom stereocenters. The predicted octanol–water partition coefficient (Wildman–Crippen LogP) is 4.90. The van der Waals surface area contributed by atoms with Crippen molar-refractivity contribution in [3.8, 4) is 0 Å². The SMILES string of the molecule is Cc1cn(C(C)C)nc1/C=C/c1csc(NC(=O)c2cccn2Cc2ccncc2)n1. The van der Waals surface area contributed by atoms with Gasteiger partial charge in [-0.3, -0.25) is 19.8 Å². The van der Waals surface area contributed by atoms with E-state index >= 15 is 0 Å². The smallest absolute Gasteiger partial charge is 0.274 e. The fourth-order valence-electron chi connectivity index (χ4n) is 3.11. The molecule has 158 valence electrons. The third kappa shape index (κ3) is 4.97. The van der Waals surface area contributed by atoms with E-state index in [-0.39, 0.29) is 5.91 Å². The van der Waals surface area contributed by atoms with Crippen molar-refractivity contribution in [1.29, 1.82) is 0 Å². The van der Waals surface area contributed by atoms with Crippen molar-refractivity contribution in [2.24, 2.45) is 0 Å². The van der Waals surface area contributed by atoms with Gasteiger partial charge in [0.15, 0.2) is 5.13 Å². The average Bonchev–Trinajstić information content (AvgIpc) is 3.48. The van der Waals surface area contributed by atoms with Gasteiger partial charge < -0.3 is 4.57 Å². The van der Waals surface area contributed by atoms with E-state index < -0.39 is 0 Å². The molecule has 4 heterocycles. The van der Waals surface area contributed by atoms with Crippen molar-refractivity contribution in [2.75, 3.05) is 5.32 Å². The summed E-state index contributed by atoms with van der Waals surface area (Å²) < 4.78 is 3.86. The Hall–Kier alpha value is -3.52. The van der Waals surface area contributed by atoms with Crippen LogP contribution in [0.3, 0.4) is 0 Å². The monoisotopic (exact) mass is 432 g/mol. The molecule has 0 saturated heterocycles. The van der Waals surface area contributed by atoms with Gasteiger partial charge in [0.25, 0.3) is 5.91 Å². The van der Waals surface area contributed by atoms with Crippen molar-refractivity contribution in [3.05, 3.63) is 82.6 Å². The number of carbonyl (C=O) groups excluding carboxylic acids is 1. The van der Waals surface area contributed by atoms with E-state index in [4.69, 9.17) is 0 Å². The summed E-state index contributed by atoms with van der Waals surface area (Å²) in [6.45, 7) is 6.84. The van der Waals surface area contributed by atoms with E-state index in [1.165, 1.54) is 11.3 Å². The maximum atomic E-state index is 12.8. The Labute approximate surface area is 185 Å². The molecule has 4 aromatic heterocycles. The standard InChI is InChI=1S/C23H24N6OS/c1-16(2)29-13-17(3)20(27-29)7-6-19-15-31-23(25-19)26-22(30)21-5-4-12-28(21)14-18-8-10-24-11-9-18/h4-13,15-16H,14H2,1-3H3,(H,25,26,30)/b7-6+. The number of thiazole rings is 1. The van der Waals surface area contributed by atoms with Gasteiger partial charge in [-0.15, -0.1) is 11.3 Å². The molecule has 0 fully saturated rings. The van der Waals surface area contributed by atoms with Gasteiger partial charge in [0.2, 0.25) is 0 Å². The first-order valence-corrected chi connectivity index (χ1v) is 10.9. The second-order valence-corrected chi connectivity index (χ2v) is 8.37. The summed E-state index contributed by atoms with van der Waals surface area (Å²) in [4.78, 5) is 21.3. The highest BCUT2D eigenvalue weighted by molar-refractivity contribution is 7.14. The molecule has 1 amide bonds. The van der Waals surface area contributed by atoms with Crippen LogP contribution in [0.4, 0.5) is 5.13 Å². The number of carbonyl (C=O) groups is 1. The number of hydrogen-bond acceptors (Lipinski definition) is 5. The molecular weight excluding hydrogens is 408 g/mol. The zero-order chi connectivity index (χ0) is 21.8. The van der Waals surface area contributed by atoms with Crippen LogP contribution in [0.25, 0.3) is 12.2 Å². The van der Waals surface area contributed by atoms with Gasteiger partial charge in [-0.2, -0.15) is 5.10 Å².